The van der Waals surface area contributed by atoms with Crippen LogP contribution in [0.2, 0.25) is 0 Å². The van der Waals surface area contributed by atoms with Gasteiger partial charge in [-0.2, -0.15) is 5.10 Å². The molecule has 0 spiro atoms. The molecule has 0 saturated carbocycles. The largest absolute Gasteiger partial charge is 0.396 e. The number of aromatic nitrogens is 2. The Balaban J connectivity index is 0.000000386. The Labute approximate surface area is 101 Å². The molecule has 5 heteroatoms. The first kappa shape index (κ1) is 12.6. The molecule has 1 atom stereocenters. The van der Waals surface area contributed by atoms with Crippen molar-refractivity contribution in [1.82, 2.24) is 15.5 Å². The van der Waals surface area contributed by atoms with Crippen LogP contribution in [-0.2, 0) is 0 Å². The number of thiocarbonyl (C=S) groups is 1. The van der Waals surface area contributed by atoms with Crippen molar-refractivity contribution >= 4 is 29.9 Å². The van der Waals surface area contributed by atoms with Crippen LogP contribution in [0.5, 0.6) is 0 Å². The minimum absolute atomic E-state index is 0.0557. The fourth-order valence-corrected chi connectivity index (χ4v) is 1.31. The normalized spacial score (nSPS) is 21.6. The number of rotatable bonds is 1. The molecule has 16 heavy (non-hydrogen) atoms. The van der Waals surface area contributed by atoms with Crippen LogP contribution >= 0.6 is 12.2 Å². The second-order valence-electron chi connectivity index (χ2n) is 3.57. The maximum atomic E-state index is 4.54. The summed E-state index contributed by atoms with van der Waals surface area (Å²) in [5, 5.41) is 10.2. The predicted octanol–water partition coefficient (Wildman–Crippen LogP) is 1.33. The number of nitrogens with two attached hydrogens (primary N) is 1. The second kappa shape index (κ2) is 5.58. The zero-order valence-corrected chi connectivity index (χ0v) is 10.2. The molecule has 1 unspecified atom stereocenters. The van der Waals surface area contributed by atoms with Gasteiger partial charge in [-0.3, -0.25) is 5.10 Å². The van der Waals surface area contributed by atoms with Crippen LogP contribution in [0.4, 0.5) is 0 Å². The van der Waals surface area contributed by atoms with Gasteiger partial charge in [-0.25, -0.2) is 0 Å². The fourth-order valence-electron chi connectivity index (χ4n) is 1.31. The van der Waals surface area contributed by atoms with E-state index in [0.717, 1.165) is 16.7 Å². The van der Waals surface area contributed by atoms with Crippen LogP contribution in [0.25, 0.3) is 12.2 Å². The van der Waals surface area contributed by atoms with E-state index in [0.29, 0.717) is 0 Å². The molecule has 0 saturated heterocycles. The molecule has 4 nitrogen and oxygen atoms in total. The summed E-state index contributed by atoms with van der Waals surface area (Å²) in [5.41, 5.74) is 7.76. The highest BCUT2D eigenvalue weighted by Gasteiger charge is 2.16. The van der Waals surface area contributed by atoms with E-state index in [-0.39, 0.29) is 5.54 Å². The molecule has 0 amide bonds. The van der Waals surface area contributed by atoms with Crippen LogP contribution in [0.1, 0.15) is 18.2 Å². The molecule has 0 radical (unpaired) electrons. The molecule has 1 aliphatic carbocycles. The summed E-state index contributed by atoms with van der Waals surface area (Å²) in [7, 11) is 1.95. The van der Waals surface area contributed by atoms with Gasteiger partial charge in [0.15, 0.2) is 0 Å². The minimum Gasteiger partial charge on any atom is -0.396 e. The Morgan fingerprint density at radius 2 is 2.12 bits per heavy atom. The lowest BCUT2D eigenvalue weighted by molar-refractivity contribution is 0.593. The third-order valence-corrected chi connectivity index (χ3v) is 2.44. The molecule has 1 aliphatic rings. The summed E-state index contributed by atoms with van der Waals surface area (Å²) >= 11 is 4.05. The number of nitrogens with zero attached hydrogens (tertiary/aromatic N) is 1. The van der Waals surface area contributed by atoms with Gasteiger partial charge >= 0.3 is 0 Å². The molecule has 0 bridgehead atoms. The van der Waals surface area contributed by atoms with Crippen molar-refractivity contribution in [3.8, 4) is 0 Å². The average Bonchev–Trinajstić information content (AvgIpc) is 2.67. The van der Waals surface area contributed by atoms with E-state index in [2.05, 4.69) is 64.7 Å². The molecule has 1 heterocycles. The monoisotopic (exact) mass is 236 g/mol. The Morgan fingerprint density at radius 1 is 1.50 bits per heavy atom. The molecule has 2 rings (SSSR count). The van der Waals surface area contributed by atoms with Crippen molar-refractivity contribution in [2.24, 2.45) is 5.73 Å². The number of hydrogen-bond acceptors (Lipinski definition) is 3. The van der Waals surface area contributed by atoms with E-state index < -0.39 is 0 Å². The van der Waals surface area contributed by atoms with E-state index in [1.807, 2.05) is 13.2 Å². The van der Waals surface area contributed by atoms with Crippen LogP contribution in [0, 0.1) is 0 Å². The molecule has 0 fully saturated rings. The van der Waals surface area contributed by atoms with Crippen molar-refractivity contribution in [1.29, 1.82) is 0 Å². The molecule has 1 aromatic rings. The third kappa shape index (κ3) is 3.01. The Kier molecular flexibility index (Phi) is 4.39. The van der Waals surface area contributed by atoms with Gasteiger partial charge in [-0.1, -0.05) is 30.4 Å². The highest BCUT2D eigenvalue weighted by molar-refractivity contribution is 7.78. The molecular formula is C11H16N4S. The number of likely N-dealkylation sites (N-methyl/N-ethyl adjacent to an activating group) is 1. The van der Waals surface area contributed by atoms with Crippen molar-refractivity contribution in [2.75, 3.05) is 7.05 Å². The minimum atomic E-state index is -0.0557. The molecule has 1 aromatic heterocycles. The van der Waals surface area contributed by atoms with Gasteiger partial charge in [0, 0.05) is 5.56 Å². The third-order valence-electron chi connectivity index (χ3n) is 2.44. The first-order valence-electron chi connectivity index (χ1n) is 4.91. The lowest BCUT2D eigenvalue weighted by Crippen LogP contribution is -2.34. The summed E-state index contributed by atoms with van der Waals surface area (Å²) in [6.07, 6.45) is 10.2. The lowest BCUT2D eigenvalue weighted by Gasteiger charge is -2.19. The van der Waals surface area contributed by atoms with Gasteiger partial charge in [0.05, 0.1) is 22.9 Å². The standard InChI is InChI=1S/C10H13N3.CH3NS/c1-10(11-2)5-3-8-7-12-13-9(8)4-6-10;2-1-3/h3-7,11H,1-2H3,(H,12,13);1H,(H2,2,3). The number of H-pyrrole nitrogens is 1. The van der Waals surface area contributed by atoms with Gasteiger partial charge in [0.1, 0.15) is 0 Å². The Hall–Kier alpha value is -1.46. The van der Waals surface area contributed by atoms with Gasteiger partial charge in [0.2, 0.25) is 0 Å². The SMILES string of the molecule is CNC1(C)C=Cc2cn[nH]c2C=C1.NC=S. The van der Waals surface area contributed by atoms with Crippen molar-refractivity contribution in [3.63, 3.8) is 0 Å². The topological polar surface area (TPSA) is 66.7 Å². The van der Waals surface area contributed by atoms with Gasteiger partial charge < -0.3 is 11.1 Å². The van der Waals surface area contributed by atoms with E-state index in [4.69, 9.17) is 0 Å². The van der Waals surface area contributed by atoms with Gasteiger partial charge in [0.25, 0.3) is 0 Å². The second-order valence-corrected chi connectivity index (χ2v) is 3.85. The Morgan fingerprint density at radius 3 is 2.75 bits per heavy atom. The van der Waals surface area contributed by atoms with Gasteiger partial charge in [-0.05, 0) is 20.0 Å². The number of fused-ring (bicyclic) bond motifs is 1. The molecular weight excluding hydrogens is 220 g/mol. The predicted molar refractivity (Wildman–Crippen MR) is 72.0 cm³/mol. The molecule has 0 aliphatic heterocycles. The first-order valence-corrected chi connectivity index (χ1v) is 5.38. The maximum Gasteiger partial charge on any atom is 0.0647 e. The molecule has 4 N–H and O–H groups in total. The first-order chi connectivity index (χ1) is 7.65. The number of nitrogens with one attached hydrogen (secondary N) is 2. The summed E-state index contributed by atoms with van der Waals surface area (Å²) in [6.45, 7) is 2.12. The molecule has 86 valence electrons. The summed E-state index contributed by atoms with van der Waals surface area (Å²) in [5.74, 6) is 0. The zero-order valence-electron chi connectivity index (χ0n) is 9.40. The van der Waals surface area contributed by atoms with Crippen molar-refractivity contribution in [2.45, 2.75) is 12.5 Å². The average molecular weight is 236 g/mol. The smallest absolute Gasteiger partial charge is 0.0647 e. The van der Waals surface area contributed by atoms with Gasteiger partial charge in [-0.15, -0.1) is 0 Å². The van der Waals surface area contributed by atoms with Crippen molar-refractivity contribution in [3.05, 3.63) is 29.6 Å². The summed E-state index contributed by atoms with van der Waals surface area (Å²) < 4.78 is 0. The van der Waals surface area contributed by atoms with Crippen LogP contribution < -0.4 is 11.1 Å². The molecule has 0 aromatic carbocycles. The van der Waals surface area contributed by atoms with Crippen LogP contribution in [-0.4, -0.2) is 28.3 Å². The Bertz CT molecular complexity index is 377. The number of hydrogen-bond donors (Lipinski definition) is 3. The van der Waals surface area contributed by atoms with Crippen molar-refractivity contribution < 1.29 is 0 Å². The fraction of sp³-hybridized carbons (Fsp3) is 0.273. The van der Waals surface area contributed by atoms with Crippen LogP contribution in [0.15, 0.2) is 18.3 Å². The van der Waals surface area contributed by atoms with E-state index in [9.17, 15) is 0 Å². The van der Waals surface area contributed by atoms with E-state index in [1.165, 1.54) is 0 Å². The maximum absolute atomic E-state index is 4.54. The number of aromatic amines is 1. The highest BCUT2D eigenvalue weighted by atomic mass is 32.1. The highest BCUT2D eigenvalue weighted by Crippen LogP contribution is 2.19. The zero-order chi connectivity index (χ0) is 12.0. The summed E-state index contributed by atoms with van der Waals surface area (Å²) in [6, 6.07) is 0. The van der Waals surface area contributed by atoms with E-state index >= 15 is 0 Å². The van der Waals surface area contributed by atoms with Crippen LogP contribution in [0.3, 0.4) is 0 Å². The summed E-state index contributed by atoms with van der Waals surface area (Å²) in [4.78, 5) is 0. The lowest BCUT2D eigenvalue weighted by atomic mass is 10.0. The quantitative estimate of drug-likeness (QED) is 0.644. The van der Waals surface area contributed by atoms with E-state index in [1.54, 1.807) is 0 Å².